The number of epoxide rings is 2. The van der Waals surface area contributed by atoms with Crippen molar-refractivity contribution >= 4 is 0 Å². The standard InChI is InChI=1S/C16H18O2/c1-5-13-15(3,17-13)11-7-9-12(10-8-11)16(4)14(6-2)18-16/h5-10,13-14H,1-2H2,3-4H3. The Labute approximate surface area is 108 Å². The second-order valence-corrected chi connectivity index (χ2v) is 5.34. The van der Waals surface area contributed by atoms with E-state index in [-0.39, 0.29) is 23.4 Å². The van der Waals surface area contributed by atoms with Crippen molar-refractivity contribution < 1.29 is 9.47 Å². The van der Waals surface area contributed by atoms with E-state index in [2.05, 4.69) is 51.3 Å². The molecule has 2 heterocycles. The van der Waals surface area contributed by atoms with Gasteiger partial charge in [-0.05, 0) is 25.0 Å². The Bertz CT molecular complexity index is 457. The molecule has 94 valence electrons. The number of ether oxygens (including phenoxy) is 2. The topological polar surface area (TPSA) is 25.1 Å². The predicted octanol–water partition coefficient (Wildman–Crippen LogP) is 3.29. The molecule has 4 atom stereocenters. The zero-order valence-corrected chi connectivity index (χ0v) is 10.8. The van der Waals surface area contributed by atoms with Gasteiger partial charge in [0.15, 0.2) is 0 Å². The van der Waals surface area contributed by atoms with E-state index < -0.39 is 0 Å². The highest BCUT2D eigenvalue weighted by Crippen LogP contribution is 2.49. The van der Waals surface area contributed by atoms with Crippen LogP contribution in [0.1, 0.15) is 25.0 Å². The van der Waals surface area contributed by atoms with Gasteiger partial charge in [-0.2, -0.15) is 0 Å². The van der Waals surface area contributed by atoms with Gasteiger partial charge in [-0.15, -0.1) is 13.2 Å². The van der Waals surface area contributed by atoms with Crippen molar-refractivity contribution in [1.82, 2.24) is 0 Å². The van der Waals surface area contributed by atoms with E-state index in [1.54, 1.807) is 0 Å². The van der Waals surface area contributed by atoms with Crippen LogP contribution < -0.4 is 0 Å². The second-order valence-electron chi connectivity index (χ2n) is 5.34. The quantitative estimate of drug-likeness (QED) is 0.598. The van der Waals surface area contributed by atoms with Gasteiger partial charge < -0.3 is 9.47 Å². The average molecular weight is 242 g/mol. The molecule has 2 aliphatic rings. The van der Waals surface area contributed by atoms with E-state index >= 15 is 0 Å². The molecule has 0 N–H and O–H groups in total. The fourth-order valence-corrected chi connectivity index (χ4v) is 2.60. The molecule has 0 amide bonds. The third-order valence-electron chi connectivity index (χ3n) is 4.17. The highest BCUT2D eigenvalue weighted by Gasteiger charge is 2.53. The Hall–Kier alpha value is -1.38. The number of benzene rings is 1. The summed E-state index contributed by atoms with van der Waals surface area (Å²) in [4.78, 5) is 0. The normalized spacial score (nSPS) is 41.2. The molecule has 2 nitrogen and oxygen atoms in total. The van der Waals surface area contributed by atoms with E-state index in [0.717, 1.165) is 0 Å². The summed E-state index contributed by atoms with van der Waals surface area (Å²) in [6.45, 7) is 11.7. The lowest BCUT2D eigenvalue weighted by atomic mass is 9.92. The van der Waals surface area contributed by atoms with Crippen molar-refractivity contribution in [2.45, 2.75) is 37.3 Å². The van der Waals surface area contributed by atoms with Crippen molar-refractivity contribution in [1.29, 1.82) is 0 Å². The SMILES string of the molecule is C=CC1OC1(C)c1ccc(C2(C)OC2C=C)cc1. The van der Waals surface area contributed by atoms with Crippen LogP contribution >= 0.6 is 0 Å². The summed E-state index contributed by atoms with van der Waals surface area (Å²) in [5, 5.41) is 0. The molecule has 2 fully saturated rings. The van der Waals surface area contributed by atoms with Crippen molar-refractivity contribution in [3.05, 3.63) is 60.7 Å². The summed E-state index contributed by atoms with van der Waals surface area (Å²) in [6.07, 6.45) is 3.98. The average Bonchev–Trinajstić information content (AvgIpc) is 3.26. The van der Waals surface area contributed by atoms with Crippen LogP contribution in [-0.2, 0) is 20.7 Å². The molecule has 2 saturated heterocycles. The minimum atomic E-state index is -0.191. The lowest BCUT2D eigenvalue weighted by Gasteiger charge is -2.10. The first kappa shape index (κ1) is 11.7. The number of hydrogen-bond acceptors (Lipinski definition) is 2. The molecule has 3 rings (SSSR count). The third-order valence-corrected chi connectivity index (χ3v) is 4.17. The Morgan fingerprint density at radius 3 is 1.44 bits per heavy atom. The van der Waals surface area contributed by atoms with Gasteiger partial charge in [0.05, 0.1) is 0 Å². The van der Waals surface area contributed by atoms with Gasteiger partial charge in [0.1, 0.15) is 23.4 Å². The fraction of sp³-hybridized carbons (Fsp3) is 0.375. The highest BCUT2D eigenvalue weighted by molar-refractivity contribution is 5.38. The molecule has 0 aliphatic carbocycles. The zero-order valence-electron chi connectivity index (χ0n) is 10.8. The summed E-state index contributed by atoms with van der Waals surface area (Å²) in [6, 6.07) is 8.47. The number of hydrogen-bond donors (Lipinski definition) is 0. The Balaban J connectivity index is 1.83. The van der Waals surface area contributed by atoms with Gasteiger partial charge in [0.25, 0.3) is 0 Å². The van der Waals surface area contributed by atoms with Crippen molar-refractivity contribution in [3.8, 4) is 0 Å². The second kappa shape index (κ2) is 3.56. The molecule has 18 heavy (non-hydrogen) atoms. The Morgan fingerprint density at radius 2 is 1.22 bits per heavy atom. The molecule has 1 aromatic carbocycles. The first-order valence-electron chi connectivity index (χ1n) is 6.26. The van der Waals surface area contributed by atoms with E-state index in [1.165, 1.54) is 11.1 Å². The smallest absolute Gasteiger partial charge is 0.121 e. The zero-order chi connectivity index (χ0) is 13.0. The van der Waals surface area contributed by atoms with E-state index in [9.17, 15) is 0 Å². The van der Waals surface area contributed by atoms with Gasteiger partial charge in [0, 0.05) is 0 Å². The van der Waals surface area contributed by atoms with E-state index in [0.29, 0.717) is 0 Å². The van der Waals surface area contributed by atoms with Crippen LogP contribution in [0, 0.1) is 0 Å². The highest BCUT2D eigenvalue weighted by atomic mass is 16.6. The first-order chi connectivity index (χ1) is 8.54. The maximum atomic E-state index is 5.66. The first-order valence-corrected chi connectivity index (χ1v) is 6.26. The summed E-state index contributed by atoms with van der Waals surface area (Å²) < 4.78 is 11.3. The van der Waals surface area contributed by atoms with Gasteiger partial charge in [-0.25, -0.2) is 0 Å². The molecule has 0 spiro atoms. The van der Waals surface area contributed by atoms with Crippen LogP contribution in [0.15, 0.2) is 49.6 Å². The van der Waals surface area contributed by atoms with Gasteiger partial charge in [0.2, 0.25) is 0 Å². The molecular formula is C16H18O2. The predicted molar refractivity (Wildman–Crippen MR) is 71.3 cm³/mol. The Morgan fingerprint density at radius 1 is 0.889 bits per heavy atom. The van der Waals surface area contributed by atoms with Crippen molar-refractivity contribution in [2.75, 3.05) is 0 Å². The van der Waals surface area contributed by atoms with Crippen LogP contribution in [-0.4, -0.2) is 12.2 Å². The summed E-state index contributed by atoms with van der Waals surface area (Å²) in [5.41, 5.74) is 2.00. The molecular weight excluding hydrogens is 224 g/mol. The van der Waals surface area contributed by atoms with Crippen molar-refractivity contribution in [2.24, 2.45) is 0 Å². The lowest BCUT2D eigenvalue weighted by molar-refractivity contribution is 0.317. The van der Waals surface area contributed by atoms with Crippen LogP contribution in [0.2, 0.25) is 0 Å². The molecule has 0 bridgehead atoms. The molecule has 2 aliphatic heterocycles. The fourth-order valence-electron chi connectivity index (χ4n) is 2.60. The summed E-state index contributed by atoms with van der Waals surface area (Å²) >= 11 is 0. The maximum Gasteiger partial charge on any atom is 0.121 e. The molecule has 0 aromatic heterocycles. The molecule has 1 aromatic rings. The van der Waals surface area contributed by atoms with Gasteiger partial charge >= 0.3 is 0 Å². The maximum absolute atomic E-state index is 5.66. The number of rotatable bonds is 4. The summed E-state index contributed by atoms with van der Waals surface area (Å²) in [5.74, 6) is 0. The molecule has 0 saturated carbocycles. The minimum absolute atomic E-state index is 0.136. The largest absolute Gasteiger partial charge is 0.357 e. The summed E-state index contributed by atoms with van der Waals surface area (Å²) in [7, 11) is 0. The van der Waals surface area contributed by atoms with Crippen LogP contribution in [0.3, 0.4) is 0 Å². The van der Waals surface area contributed by atoms with Crippen molar-refractivity contribution in [3.63, 3.8) is 0 Å². The van der Waals surface area contributed by atoms with E-state index in [4.69, 9.17) is 9.47 Å². The van der Waals surface area contributed by atoms with Gasteiger partial charge in [-0.1, -0.05) is 36.4 Å². The molecule has 0 radical (unpaired) electrons. The van der Waals surface area contributed by atoms with Crippen LogP contribution in [0.5, 0.6) is 0 Å². The van der Waals surface area contributed by atoms with Gasteiger partial charge in [-0.3, -0.25) is 0 Å². The minimum Gasteiger partial charge on any atom is -0.357 e. The third kappa shape index (κ3) is 1.49. The van der Waals surface area contributed by atoms with Crippen LogP contribution in [0.25, 0.3) is 0 Å². The monoisotopic (exact) mass is 242 g/mol. The molecule has 2 heteroatoms. The van der Waals surface area contributed by atoms with E-state index in [1.807, 2.05) is 12.2 Å². The van der Waals surface area contributed by atoms with Crippen LogP contribution in [0.4, 0.5) is 0 Å². The Kier molecular flexibility index (Phi) is 2.31. The molecule has 4 unspecified atom stereocenters. The lowest BCUT2D eigenvalue weighted by Crippen LogP contribution is -2.09.